The number of piperidine rings is 1. The van der Waals surface area contributed by atoms with Crippen LogP contribution in [0.5, 0.6) is 0 Å². The highest BCUT2D eigenvalue weighted by Crippen LogP contribution is 2.29. The molecule has 9 heteroatoms. The van der Waals surface area contributed by atoms with E-state index in [-0.39, 0.29) is 18.7 Å². The van der Waals surface area contributed by atoms with Gasteiger partial charge in [-0.3, -0.25) is 4.98 Å². The predicted octanol–water partition coefficient (Wildman–Crippen LogP) is 2.98. The molecule has 1 saturated heterocycles. The molecule has 0 radical (unpaired) electrons. The number of hydrogen-bond acceptors (Lipinski definition) is 9. The summed E-state index contributed by atoms with van der Waals surface area (Å²) in [5, 5.41) is 23.8. The molecule has 0 spiro atoms. The van der Waals surface area contributed by atoms with Gasteiger partial charge in [-0.05, 0) is 44.4 Å². The highest BCUT2D eigenvalue weighted by molar-refractivity contribution is 5.91. The van der Waals surface area contributed by atoms with Crippen molar-refractivity contribution in [2.75, 3.05) is 35.6 Å². The van der Waals surface area contributed by atoms with E-state index < -0.39 is 5.54 Å². The highest BCUT2D eigenvalue weighted by atomic mass is 16.3. The molecule has 4 heterocycles. The van der Waals surface area contributed by atoms with Crippen LogP contribution in [0.4, 0.5) is 17.6 Å². The quantitative estimate of drug-likeness (QED) is 0.408. The van der Waals surface area contributed by atoms with Crippen molar-refractivity contribution < 1.29 is 10.2 Å². The summed E-state index contributed by atoms with van der Waals surface area (Å²) in [4.78, 5) is 20.2. The van der Waals surface area contributed by atoms with Crippen LogP contribution < -0.4 is 16.0 Å². The average Bonchev–Trinajstić information content (AvgIpc) is 2.83. The number of anilines is 3. The fourth-order valence-corrected chi connectivity index (χ4v) is 4.15. The second-order valence-electron chi connectivity index (χ2n) is 9.09. The van der Waals surface area contributed by atoms with Crippen molar-refractivity contribution in [2.45, 2.75) is 57.6 Å². The van der Waals surface area contributed by atoms with Crippen molar-refractivity contribution in [3.8, 4) is 11.3 Å². The largest absolute Gasteiger partial charge is 0.394 e. The first-order chi connectivity index (χ1) is 15.9. The number of nitrogen functional groups attached to an aromatic ring is 1. The molecule has 1 aliphatic rings. The summed E-state index contributed by atoms with van der Waals surface area (Å²) in [5.41, 5.74) is 7.81. The third-order valence-corrected chi connectivity index (χ3v) is 6.28. The molecule has 0 aliphatic carbocycles. The van der Waals surface area contributed by atoms with Crippen LogP contribution in [0.15, 0.2) is 30.6 Å². The number of pyridine rings is 2. The van der Waals surface area contributed by atoms with Crippen molar-refractivity contribution >= 4 is 28.5 Å². The van der Waals surface area contributed by atoms with E-state index in [1.54, 1.807) is 6.20 Å². The predicted molar refractivity (Wildman–Crippen MR) is 131 cm³/mol. The van der Waals surface area contributed by atoms with Crippen LogP contribution in [0.3, 0.4) is 0 Å². The lowest BCUT2D eigenvalue weighted by atomic mass is 9.95. The molecule has 0 saturated carbocycles. The molecule has 1 aliphatic heterocycles. The SMILES string of the molecule is CCCC[C@](C)(CO)Nc1nc(N)nc2cc(-c3ccc(N4CCC(O)CC4)nc3)ncc12. The number of hydrogen-bond donors (Lipinski definition) is 4. The number of nitrogens with one attached hydrogen (secondary N) is 1. The van der Waals surface area contributed by atoms with Crippen molar-refractivity contribution in [1.82, 2.24) is 19.9 Å². The minimum absolute atomic E-state index is 0.0160. The van der Waals surface area contributed by atoms with Gasteiger partial charge in [-0.2, -0.15) is 4.98 Å². The van der Waals surface area contributed by atoms with Crippen molar-refractivity contribution in [2.24, 2.45) is 0 Å². The number of fused-ring (bicyclic) bond motifs is 1. The number of unbranched alkanes of at least 4 members (excludes halogenated alkanes) is 1. The van der Waals surface area contributed by atoms with Gasteiger partial charge in [-0.15, -0.1) is 0 Å². The Bertz CT molecular complexity index is 1080. The minimum Gasteiger partial charge on any atom is -0.394 e. The average molecular weight is 452 g/mol. The Kier molecular flexibility index (Phi) is 6.90. The normalized spacial score (nSPS) is 16.7. The lowest BCUT2D eigenvalue weighted by Crippen LogP contribution is -2.39. The number of nitrogens with zero attached hydrogens (tertiary/aromatic N) is 5. The summed E-state index contributed by atoms with van der Waals surface area (Å²) in [6.07, 6.45) is 7.72. The zero-order valence-corrected chi connectivity index (χ0v) is 19.3. The first-order valence-electron chi connectivity index (χ1n) is 11.6. The molecule has 0 unspecified atom stereocenters. The summed E-state index contributed by atoms with van der Waals surface area (Å²) < 4.78 is 0. The molecule has 33 heavy (non-hydrogen) atoms. The van der Waals surface area contributed by atoms with Gasteiger partial charge < -0.3 is 26.2 Å². The van der Waals surface area contributed by atoms with Gasteiger partial charge in [0.15, 0.2) is 0 Å². The van der Waals surface area contributed by atoms with Crippen molar-refractivity contribution in [3.63, 3.8) is 0 Å². The van der Waals surface area contributed by atoms with Gasteiger partial charge in [0.25, 0.3) is 0 Å². The molecule has 4 rings (SSSR count). The molecule has 0 bridgehead atoms. The molecule has 3 aromatic rings. The van der Waals surface area contributed by atoms with Crippen LogP contribution in [0.25, 0.3) is 22.2 Å². The Balaban J connectivity index is 1.59. The summed E-state index contributed by atoms with van der Waals surface area (Å²) in [6, 6.07) is 5.87. The first kappa shape index (κ1) is 23.1. The Labute approximate surface area is 194 Å². The fourth-order valence-electron chi connectivity index (χ4n) is 4.15. The Hall–Kier alpha value is -3.04. The van der Waals surface area contributed by atoms with E-state index in [4.69, 9.17) is 5.73 Å². The zero-order chi connectivity index (χ0) is 23.4. The number of aromatic nitrogens is 4. The Morgan fingerprint density at radius 1 is 1.18 bits per heavy atom. The number of aliphatic hydroxyl groups excluding tert-OH is 2. The summed E-state index contributed by atoms with van der Waals surface area (Å²) in [5.74, 6) is 1.64. The highest BCUT2D eigenvalue weighted by Gasteiger charge is 2.24. The van der Waals surface area contributed by atoms with E-state index in [0.717, 1.165) is 67.7 Å². The molecule has 5 N–H and O–H groups in total. The Morgan fingerprint density at radius 2 is 1.97 bits per heavy atom. The maximum Gasteiger partial charge on any atom is 0.222 e. The molecule has 1 fully saturated rings. The third kappa shape index (κ3) is 5.31. The molecular formula is C24H33N7O2. The fraction of sp³-hybridized carbons (Fsp3) is 0.500. The smallest absolute Gasteiger partial charge is 0.222 e. The van der Waals surface area contributed by atoms with Crippen LogP contribution in [-0.4, -0.2) is 61.5 Å². The van der Waals surface area contributed by atoms with E-state index in [9.17, 15) is 10.2 Å². The maximum atomic E-state index is 9.96. The van der Waals surface area contributed by atoms with E-state index in [1.165, 1.54) is 0 Å². The van der Waals surface area contributed by atoms with Crippen LogP contribution in [0, 0.1) is 0 Å². The van der Waals surface area contributed by atoms with E-state index in [2.05, 4.69) is 37.1 Å². The molecule has 3 aromatic heterocycles. The lowest BCUT2D eigenvalue weighted by molar-refractivity contribution is 0.145. The number of rotatable bonds is 8. The Morgan fingerprint density at radius 3 is 2.64 bits per heavy atom. The molecule has 9 nitrogen and oxygen atoms in total. The third-order valence-electron chi connectivity index (χ3n) is 6.28. The van der Waals surface area contributed by atoms with E-state index in [1.807, 2.05) is 31.3 Å². The molecular weight excluding hydrogens is 418 g/mol. The summed E-state index contributed by atoms with van der Waals surface area (Å²) in [7, 11) is 0. The number of aliphatic hydroxyl groups is 2. The van der Waals surface area contributed by atoms with E-state index >= 15 is 0 Å². The van der Waals surface area contributed by atoms with Crippen LogP contribution in [0.2, 0.25) is 0 Å². The van der Waals surface area contributed by atoms with Crippen molar-refractivity contribution in [3.05, 3.63) is 30.6 Å². The monoisotopic (exact) mass is 451 g/mol. The zero-order valence-electron chi connectivity index (χ0n) is 19.3. The van der Waals surface area contributed by atoms with Gasteiger partial charge in [0.2, 0.25) is 5.95 Å². The maximum absolute atomic E-state index is 9.96. The van der Waals surface area contributed by atoms with Gasteiger partial charge in [0.1, 0.15) is 11.6 Å². The first-order valence-corrected chi connectivity index (χ1v) is 11.6. The van der Waals surface area contributed by atoms with Crippen molar-refractivity contribution in [1.29, 1.82) is 0 Å². The van der Waals surface area contributed by atoms with Gasteiger partial charge >= 0.3 is 0 Å². The van der Waals surface area contributed by atoms with Gasteiger partial charge in [-0.1, -0.05) is 19.8 Å². The van der Waals surface area contributed by atoms with E-state index in [0.29, 0.717) is 11.3 Å². The van der Waals surface area contributed by atoms with Gasteiger partial charge in [0, 0.05) is 31.0 Å². The second-order valence-corrected chi connectivity index (χ2v) is 9.09. The summed E-state index contributed by atoms with van der Waals surface area (Å²) in [6.45, 7) is 5.69. The van der Waals surface area contributed by atoms with Gasteiger partial charge in [-0.25, -0.2) is 9.97 Å². The number of nitrogens with two attached hydrogens (primary N) is 1. The molecule has 176 valence electrons. The standard InChI is InChI=1S/C24H33N7O2/c1-3-4-9-24(2,15-32)30-22-18-14-26-19(12-20(18)28-23(25)29-22)16-5-6-21(27-13-16)31-10-7-17(33)8-11-31/h5-6,12-14,17,32-33H,3-4,7-11,15H2,1-2H3,(H3,25,28,29,30)/t24-/m1/s1. The van der Waals surface area contributed by atoms with Crippen LogP contribution >= 0.6 is 0 Å². The van der Waals surface area contributed by atoms with Crippen LogP contribution in [-0.2, 0) is 0 Å². The minimum atomic E-state index is -0.507. The second kappa shape index (κ2) is 9.84. The summed E-state index contributed by atoms with van der Waals surface area (Å²) >= 11 is 0. The molecule has 1 atom stereocenters. The topological polar surface area (TPSA) is 133 Å². The lowest BCUT2D eigenvalue weighted by Gasteiger charge is -2.30. The molecule has 0 aromatic carbocycles. The van der Waals surface area contributed by atoms with Crippen LogP contribution in [0.1, 0.15) is 46.0 Å². The van der Waals surface area contributed by atoms with Gasteiger partial charge in [0.05, 0.1) is 34.8 Å². The molecule has 0 amide bonds.